The lowest BCUT2D eigenvalue weighted by molar-refractivity contribution is -0.135. The number of aliphatic carboxylic acids is 1. The van der Waals surface area contributed by atoms with Crippen molar-refractivity contribution in [2.24, 2.45) is 0 Å². The fourth-order valence-corrected chi connectivity index (χ4v) is 1.77. The van der Waals surface area contributed by atoms with Crippen molar-refractivity contribution in [3.05, 3.63) is 41.5 Å². The molecule has 0 bridgehead atoms. The number of halogens is 1. The summed E-state index contributed by atoms with van der Waals surface area (Å²) in [6.07, 6.45) is 0. The van der Waals surface area contributed by atoms with Gasteiger partial charge in [0.05, 0.1) is 0 Å². The van der Waals surface area contributed by atoms with Crippen molar-refractivity contribution < 1.29 is 9.90 Å². The summed E-state index contributed by atoms with van der Waals surface area (Å²) in [6.45, 7) is 3.72. The van der Waals surface area contributed by atoms with E-state index in [-0.39, 0.29) is 0 Å². The summed E-state index contributed by atoms with van der Waals surface area (Å²) in [5, 5.41) is 7.91. The Hall–Kier alpha value is -1.28. The first-order chi connectivity index (χ1) is 7.04. The van der Waals surface area contributed by atoms with Crippen LogP contribution in [0.5, 0.6) is 0 Å². The molecule has 1 atom stereocenters. The summed E-state index contributed by atoms with van der Waals surface area (Å²) >= 11 is 5.85. The standard InChI is InChI=1S/C12H13ClO2/c1-8(2)10(11(13)12(14)15)9-6-4-3-5-7-9/h3-7,11H,1-2H3,(H,14,15). The van der Waals surface area contributed by atoms with Crippen molar-refractivity contribution in [3.63, 3.8) is 0 Å². The molecule has 0 saturated carbocycles. The molecule has 0 aromatic heterocycles. The highest BCUT2D eigenvalue weighted by atomic mass is 35.5. The third-order valence-corrected chi connectivity index (χ3v) is 2.50. The summed E-state index contributed by atoms with van der Waals surface area (Å²) in [7, 11) is 0. The number of carbonyl (C=O) groups is 1. The maximum Gasteiger partial charge on any atom is 0.326 e. The fraction of sp³-hybridized carbons (Fsp3) is 0.250. The number of carboxylic acids is 1. The molecular weight excluding hydrogens is 212 g/mol. The van der Waals surface area contributed by atoms with E-state index in [0.717, 1.165) is 11.1 Å². The average molecular weight is 225 g/mol. The van der Waals surface area contributed by atoms with Crippen molar-refractivity contribution in [3.8, 4) is 0 Å². The van der Waals surface area contributed by atoms with Gasteiger partial charge in [0.25, 0.3) is 0 Å². The molecule has 0 amide bonds. The Balaban J connectivity index is 3.18. The smallest absolute Gasteiger partial charge is 0.326 e. The number of rotatable bonds is 3. The van der Waals surface area contributed by atoms with Crippen LogP contribution in [0.15, 0.2) is 35.9 Å². The molecule has 1 rings (SSSR count). The third-order valence-electron chi connectivity index (χ3n) is 2.09. The highest BCUT2D eigenvalue weighted by molar-refractivity contribution is 6.36. The number of alkyl halides is 1. The molecule has 1 unspecified atom stereocenters. The largest absolute Gasteiger partial charge is 0.480 e. The molecular formula is C12H13ClO2. The lowest BCUT2D eigenvalue weighted by Gasteiger charge is -2.12. The van der Waals surface area contributed by atoms with E-state index < -0.39 is 11.3 Å². The second-order valence-electron chi connectivity index (χ2n) is 3.48. The monoisotopic (exact) mass is 224 g/mol. The van der Waals surface area contributed by atoms with Gasteiger partial charge in [-0.25, -0.2) is 0 Å². The highest BCUT2D eigenvalue weighted by Gasteiger charge is 2.21. The first-order valence-electron chi connectivity index (χ1n) is 4.63. The molecule has 0 saturated heterocycles. The molecule has 0 radical (unpaired) electrons. The summed E-state index contributed by atoms with van der Waals surface area (Å²) in [6, 6.07) is 9.34. The summed E-state index contributed by atoms with van der Waals surface area (Å²) < 4.78 is 0. The zero-order valence-corrected chi connectivity index (χ0v) is 9.45. The van der Waals surface area contributed by atoms with Gasteiger partial charge in [0, 0.05) is 0 Å². The zero-order valence-electron chi connectivity index (χ0n) is 8.70. The van der Waals surface area contributed by atoms with E-state index in [1.165, 1.54) is 0 Å². The number of hydrogen-bond donors (Lipinski definition) is 1. The summed E-state index contributed by atoms with van der Waals surface area (Å²) in [4.78, 5) is 10.9. The molecule has 2 nitrogen and oxygen atoms in total. The number of hydrogen-bond acceptors (Lipinski definition) is 1. The van der Waals surface area contributed by atoms with Crippen LogP contribution in [0.3, 0.4) is 0 Å². The predicted molar refractivity (Wildman–Crippen MR) is 62.0 cm³/mol. The van der Waals surface area contributed by atoms with Gasteiger partial charge in [0.15, 0.2) is 5.38 Å². The minimum atomic E-state index is -1.02. The molecule has 0 heterocycles. The first-order valence-corrected chi connectivity index (χ1v) is 5.07. The second kappa shape index (κ2) is 4.99. The van der Waals surface area contributed by atoms with Crippen LogP contribution in [0.1, 0.15) is 19.4 Å². The van der Waals surface area contributed by atoms with Gasteiger partial charge < -0.3 is 5.11 Å². The molecule has 0 aliphatic heterocycles. The molecule has 3 heteroatoms. The third kappa shape index (κ3) is 2.83. The van der Waals surface area contributed by atoms with E-state index in [9.17, 15) is 4.79 Å². The highest BCUT2D eigenvalue weighted by Crippen LogP contribution is 2.26. The SMILES string of the molecule is CC(C)=C(c1ccccc1)C(Cl)C(=O)O. The van der Waals surface area contributed by atoms with Gasteiger partial charge in [0.1, 0.15) is 0 Å². The number of benzene rings is 1. The maximum atomic E-state index is 10.9. The van der Waals surface area contributed by atoms with Crippen LogP contribution in [-0.2, 0) is 4.79 Å². The second-order valence-corrected chi connectivity index (χ2v) is 3.92. The van der Waals surface area contributed by atoms with Crippen LogP contribution in [0, 0.1) is 0 Å². The van der Waals surface area contributed by atoms with Crippen molar-refractivity contribution in [2.75, 3.05) is 0 Å². The van der Waals surface area contributed by atoms with E-state index in [4.69, 9.17) is 16.7 Å². The van der Waals surface area contributed by atoms with E-state index in [1.54, 1.807) is 0 Å². The van der Waals surface area contributed by atoms with Crippen LogP contribution in [0.25, 0.3) is 5.57 Å². The van der Waals surface area contributed by atoms with Crippen molar-refractivity contribution >= 4 is 23.1 Å². The zero-order chi connectivity index (χ0) is 11.4. The molecule has 80 valence electrons. The number of allylic oxidation sites excluding steroid dienone is 1. The maximum absolute atomic E-state index is 10.9. The Morgan fingerprint density at radius 1 is 1.27 bits per heavy atom. The molecule has 0 aliphatic carbocycles. The molecule has 1 aromatic carbocycles. The lowest BCUT2D eigenvalue weighted by Crippen LogP contribution is -2.16. The topological polar surface area (TPSA) is 37.3 Å². The van der Waals surface area contributed by atoms with Crippen molar-refractivity contribution in [2.45, 2.75) is 19.2 Å². The minimum absolute atomic E-state index is 0.671. The number of carboxylic acid groups (broad SMARTS) is 1. The van der Waals surface area contributed by atoms with Gasteiger partial charge in [-0.3, -0.25) is 4.79 Å². The van der Waals surface area contributed by atoms with Gasteiger partial charge in [-0.2, -0.15) is 0 Å². The van der Waals surface area contributed by atoms with Crippen LogP contribution >= 0.6 is 11.6 Å². The van der Waals surface area contributed by atoms with Crippen LogP contribution in [0.4, 0.5) is 0 Å². The fourth-order valence-electron chi connectivity index (χ4n) is 1.43. The van der Waals surface area contributed by atoms with Gasteiger partial charge in [0.2, 0.25) is 0 Å². The van der Waals surface area contributed by atoms with E-state index in [2.05, 4.69) is 0 Å². The van der Waals surface area contributed by atoms with Crippen molar-refractivity contribution in [1.29, 1.82) is 0 Å². The Bertz CT molecular complexity index is 378. The molecule has 0 spiro atoms. The quantitative estimate of drug-likeness (QED) is 0.801. The van der Waals surface area contributed by atoms with Crippen LogP contribution < -0.4 is 0 Å². The lowest BCUT2D eigenvalue weighted by atomic mass is 9.98. The van der Waals surface area contributed by atoms with Crippen LogP contribution in [-0.4, -0.2) is 16.5 Å². The molecule has 1 N–H and O–H groups in total. The van der Waals surface area contributed by atoms with Crippen molar-refractivity contribution in [1.82, 2.24) is 0 Å². The Morgan fingerprint density at radius 2 is 1.80 bits per heavy atom. The summed E-state index contributed by atoms with van der Waals surface area (Å²) in [5.74, 6) is -1.02. The van der Waals surface area contributed by atoms with Crippen LogP contribution in [0.2, 0.25) is 0 Å². The van der Waals surface area contributed by atoms with Gasteiger partial charge >= 0.3 is 5.97 Å². The molecule has 0 aliphatic rings. The molecule has 1 aromatic rings. The van der Waals surface area contributed by atoms with Gasteiger partial charge in [-0.05, 0) is 25.0 Å². The predicted octanol–water partition coefficient (Wildman–Crippen LogP) is 3.17. The summed E-state index contributed by atoms with van der Waals surface area (Å²) in [5.41, 5.74) is 2.45. The van der Waals surface area contributed by atoms with Gasteiger partial charge in [-0.1, -0.05) is 35.9 Å². The minimum Gasteiger partial charge on any atom is -0.480 e. The van der Waals surface area contributed by atoms with E-state index in [1.807, 2.05) is 44.2 Å². The Labute approximate surface area is 94.2 Å². The molecule has 15 heavy (non-hydrogen) atoms. The Morgan fingerprint density at radius 3 is 2.20 bits per heavy atom. The average Bonchev–Trinajstić information content (AvgIpc) is 2.18. The Kier molecular flexibility index (Phi) is 3.92. The normalized spacial score (nSPS) is 11.9. The van der Waals surface area contributed by atoms with Gasteiger partial charge in [-0.15, -0.1) is 11.6 Å². The molecule has 0 fully saturated rings. The van der Waals surface area contributed by atoms with E-state index in [0.29, 0.717) is 5.57 Å². The van der Waals surface area contributed by atoms with E-state index >= 15 is 0 Å². The first kappa shape index (κ1) is 11.8.